The summed E-state index contributed by atoms with van der Waals surface area (Å²) in [5.74, 6) is 0.856. The number of ether oxygens (including phenoxy) is 1. The lowest BCUT2D eigenvalue weighted by Crippen LogP contribution is -2.29. The summed E-state index contributed by atoms with van der Waals surface area (Å²) >= 11 is 1.60. The van der Waals surface area contributed by atoms with E-state index >= 15 is 0 Å². The Labute approximate surface area is 110 Å². The zero-order valence-electron chi connectivity index (χ0n) is 9.96. The van der Waals surface area contributed by atoms with E-state index < -0.39 is 0 Å². The molecule has 0 atom stereocenters. The fraction of sp³-hybridized carbons (Fsp3) is 0.214. The Hall–Kier alpha value is -1.81. The average molecular weight is 261 g/mol. The van der Waals surface area contributed by atoms with E-state index in [0.717, 1.165) is 11.3 Å². The van der Waals surface area contributed by atoms with Crippen LogP contribution in [0.5, 0.6) is 5.75 Å². The molecule has 1 aromatic heterocycles. The highest BCUT2D eigenvalue weighted by Gasteiger charge is 2.02. The van der Waals surface area contributed by atoms with E-state index in [9.17, 15) is 4.79 Å². The number of nitrogens with one attached hydrogen (secondary N) is 1. The van der Waals surface area contributed by atoms with Gasteiger partial charge in [0.15, 0.2) is 0 Å². The van der Waals surface area contributed by atoms with Gasteiger partial charge in [-0.2, -0.15) is 11.3 Å². The Bertz CT molecular complexity index is 468. The number of carbonyl (C=O) groups is 1. The molecule has 0 saturated carbocycles. The predicted octanol–water partition coefficient (Wildman–Crippen LogP) is 2.49. The van der Waals surface area contributed by atoms with Crippen molar-refractivity contribution >= 4 is 17.2 Å². The van der Waals surface area contributed by atoms with Crippen LogP contribution >= 0.6 is 11.3 Å². The zero-order valence-corrected chi connectivity index (χ0v) is 10.8. The van der Waals surface area contributed by atoms with Crippen LogP contribution in [0.2, 0.25) is 0 Å². The summed E-state index contributed by atoms with van der Waals surface area (Å²) in [5, 5.41) is 6.79. The second-order valence-electron chi connectivity index (χ2n) is 3.82. The first-order valence-corrected chi connectivity index (χ1v) is 6.74. The third-order valence-corrected chi connectivity index (χ3v) is 3.11. The molecule has 0 aliphatic carbocycles. The van der Waals surface area contributed by atoms with Gasteiger partial charge in [0.05, 0.1) is 13.0 Å². The largest absolute Gasteiger partial charge is 0.492 e. The number of thiophene rings is 1. The lowest BCUT2D eigenvalue weighted by atomic mass is 10.2. The first kappa shape index (κ1) is 12.6. The van der Waals surface area contributed by atoms with Crippen LogP contribution in [0.1, 0.15) is 5.56 Å². The molecule has 0 spiro atoms. The second-order valence-corrected chi connectivity index (χ2v) is 4.60. The van der Waals surface area contributed by atoms with Crippen molar-refractivity contribution in [3.8, 4) is 5.75 Å². The molecule has 0 saturated heterocycles. The Morgan fingerprint density at radius 1 is 1.22 bits per heavy atom. The van der Waals surface area contributed by atoms with Crippen LogP contribution in [0.4, 0.5) is 0 Å². The number of para-hydroxylation sites is 1. The van der Waals surface area contributed by atoms with Crippen LogP contribution in [0, 0.1) is 0 Å². The summed E-state index contributed by atoms with van der Waals surface area (Å²) in [4.78, 5) is 11.6. The van der Waals surface area contributed by atoms with Crippen LogP contribution < -0.4 is 10.1 Å². The maximum absolute atomic E-state index is 11.6. The van der Waals surface area contributed by atoms with Crippen molar-refractivity contribution in [2.24, 2.45) is 0 Å². The Balaban J connectivity index is 1.62. The van der Waals surface area contributed by atoms with Gasteiger partial charge in [0.2, 0.25) is 5.91 Å². The highest BCUT2D eigenvalue weighted by molar-refractivity contribution is 7.07. The molecule has 1 N–H and O–H groups in total. The quantitative estimate of drug-likeness (QED) is 0.811. The molecule has 18 heavy (non-hydrogen) atoms. The summed E-state index contributed by atoms with van der Waals surface area (Å²) in [5.41, 5.74) is 1.06. The molecule has 2 rings (SSSR count). The van der Waals surface area contributed by atoms with Gasteiger partial charge in [-0.3, -0.25) is 4.79 Å². The number of benzene rings is 1. The summed E-state index contributed by atoms with van der Waals surface area (Å²) in [7, 11) is 0. The van der Waals surface area contributed by atoms with Crippen molar-refractivity contribution in [2.45, 2.75) is 6.42 Å². The molecule has 94 valence electrons. The van der Waals surface area contributed by atoms with Crippen LogP contribution in [0.25, 0.3) is 0 Å². The van der Waals surface area contributed by atoms with Crippen LogP contribution in [0.15, 0.2) is 47.2 Å². The summed E-state index contributed by atoms with van der Waals surface area (Å²) < 4.78 is 5.48. The maximum atomic E-state index is 11.6. The van der Waals surface area contributed by atoms with Crippen LogP contribution in [-0.2, 0) is 11.2 Å². The van der Waals surface area contributed by atoms with E-state index in [-0.39, 0.29) is 5.91 Å². The van der Waals surface area contributed by atoms with Crippen LogP contribution in [-0.4, -0.2) is 19.1 Å². The van der Waals surface area contributed by atoms with Crippen molar-refractivity contribution in [3.05, 3.63) is 52.7 Å². The van der Waals surface area contributed by atoms with Crippen LogP contribution in [0.3, 0.4) is 0 Å². The molecule has 4 heteroatoms. The number of amides is 1. The first-order chi connectivity index (χ1) is 8.84. The summed E-state index contributed by atoms with van der Waals surface area (Å²) in [6.07, 6.45) is 0.439. The molecular weight excluding hydrogens is 246 g/mol. The highest BCUT2D eigenvalue weighted by Crippen LogP contribution is 2.08. The Kier molecular flexibility index (Phi) is 4.78. The summed E-state index contributed by atoms with van der Waals surface area (Å²) in [6, 6.07) is 11.5. The summed E-state index contributed by atoms with van der Waals surface area (Å²) in [6.45, 7) is 1.01. The van der Waals surface area contributed by atoms with Gasteiger partial charge in [0.1, 0.15) is 12.4 Å². The molecular formula is C14H15NO2S. The SMILES string of the molecule is O=C(Cc1ccsc1)NCCOc1ccccc1. The van der Waals surface area contributed by atoms with E-state index in [1.165, 1.54) is 0 Å². The predicted molar refractivity (Wildman–Crippen MR) is 73.0 cm³/mol. The van der Waals surface area contributed by atoms with Crippen molar-refractivity contribution in [1.82, 2.24) is 5.32 Å². The minimum atomic E-state index is 0.0325. The molecule has 1 aromatic carbocycles. The molecule has 1 amide bonds. The third-order valence-electron chi connectivity index (χ3n) is 2.38. The lowest BCUT2D eigenvalue weighted by molar-refractivity contribution is -0.120. The normalized spacial score (nSPS) is 10.0. The first-order valence-electron chi connectivity index (χ1n) is 5.80. The smallest absolute Gasteiger partial charge is 0.224 e. The monoisotopic (exact) mass is 261 g/mol. The van der Waals surface area contributed by atoms with E-state index in [4.69, 9.17) is 4.74 Å². The van der Waals surface area contributed by atoms with Gasteiger partial charge >= 0.3 is 0 Å². The average Bonchev–Trinajstić information content (AvgIpc) is 2.89. The van der Waals surface area contributed by atoms with Crippen molar-refractivity contribution in [3.63, 3.8) is 0 Å². The fourth-order valence-corrected chi connectivity index (χ4v) is 2.19. The number of hydrogen-bond acceptors (Lipinski definition) is 3. The van der Waals surface area contributed by atoms with Crippen molar-refractivity contribution < 1.29 is 9.53 Å². The van der Waals surface area contributed by atoms with Gasteiger partial charge in [0.25, 0.3) is 0 Å². The minimum Gasteiger partial charge on any atom is -0.492 e. The van der Waals surface area contributed by atoms with Gasteiger partial charge in [-0.15, -0.1) is 0 Å². The molecule has 0 fully saturated rings. The zero-order chi connectivity index (χ0) is 12.6. The Morgan fingerprint density at radius 2 is 2.06 bits per heavy atom. The lowest BCUT2D eigenvalue weighted by Gasteiger charge is -2.07. The van der Waals surface area contributed by atoms with E-state index in [2.05, 4.69) is 5.32 Å². The Morgan fingerprint density at radius 3 is 2.78 bits per heavy atom. The number of rotatable bonds is 6. The molecule has 2 aromatic rings. The number of carbonyl (C=O) groups excluding carboxylic acids is 1. The molecule has 0 aliphatic heterocycles. The third kappa shape index (κ3) is 4.22. The molecule has 0 unspecified atom stereocenters. The second kappa shape index (κ2) is 6.81. The fourth-order valence-electron chi connectivity index (χ4n) is 1.52. The van der Waals surface area contributed by atoms with Crippen molar-refractivity contribution in [2.75, 3.05) is 13.2 Å². The van der Waals surface area contributed by atoms with Crippen molar-refractivity contribution in [1.29, 1.82) is 0 Å². The van der Waals surface area contributed by atoms with E-state index in [1.807, 2.05) is 47.2 Å². The molecule has 1 heterocycles. The van der Waals surface area contributed by atoms with Gasteiger partial charge in [0, 0.05) is 0 Å². The van der Waals surface area contributed by atoms with Gasteiger partial charge in [-0.25, -0.2) is 0 Å². The molecule has 3 nitrogen and oxygen atoms in total. The standard InChI is InChI=1S/C14H15NO2S/c16-14(10-12-6-9-18-11-12)15-7-8-17-13-4-2-1-3-5-13/h1-6,9,11H,7-8,10H2,(H,15,16). The highest BCUT2D eigenvalue weighted by atomic mass is 32.1. The topological polar surface area (TPSA) is 38.3 Å². The van der Waals surface area contributed by atoms with E-state index in [1.54, 1.807) is 11.3 Å². The van der Waals surface area contributed by atoms with E-state index in [0.29, 0.717) is 19.6 Å². The van der Waals surface area contributed by atoms with Gasteiger partial charge < -0.3 is 10.1 Å². The number of hydrogen-bond donors (Lipinski definition) is 1. The molecule has 0 radical (unpaired) electrons. The van der Waals surface area contributed by atoms with Gasteiger partial charge in [-0.1, -0.05) is 18.2 Å². The molecule has 0 bridgehead atoms. The molecule has 0 aliphatic rings. The maximum Gasteiger partial charge on any atom is 0.224 e. The van der Waals surface area contributed by atoms with Gasteiger partial charge in [-0.05, 0) is 34.5 Å². The minimum absolute atomic E-state index is 0.0325.